The Kier molecular flexibility index (Phi) is 5.37. The van der Waals surface area contributed by atoms with Gasteiger partial charge >= 0.3 is 0 Å². The van der Waals surface area contributed by atoms with Crippen molar-refractivity contribution in [3.05, 3.63) is 47.8 Å². The number of hydrogen-bond donors (Lipinski definition) is 1. The SMILES string of the molecule is Cc1nc(NC2CCCC2)cc(N2CCC(Cc3ccccc3)CC2)n1. The van der Waals surface area contributed by atoms with Crippen LogP contribution in [0.3, 0.4) is 0 Å². The molecule has 0 unspecified atom stereocenters. The first-order valence-electron chi connectivity index (χ1n) is 10.2. The van der Waals surface area contributed by atoms with Gasteiger partial charge in [0.2, 0.25) is 0 Å². The van der Waals surface area contributed by atoms with Crippen LogP contribution in [0.5, 0.6) is 0 Å². The fraction of sp³-hybridized carbons (Fsp3) is 0.545. The highest BCUT2D eigenvalue weighted by atomic mass is 15.2. The first-order valence-corrected chi connectivity index (χ1v) is 10.2. The molecule has 138 valence electrons. The number of piperidine rings is 1. The van der Waals surface area contributed by atoms with Gasteiger partial charge in [-0.25, -0.2) is 9.97 Å². The third-order valence-electron chi connectivity index (χ3n) is 5.84. The highest BCUT2D eigenvalue weighted by molar-refractivity contribution is 5.50. The normalized spacial score (nSPS) is 19.0. The lowest BCUT2D eigenvalue weighted by Crippen LogP contribution is -2.35. The van der Waals surface area contributed by atoms with Crippen LogP contribution in [0.4, 0.5) is 11.6 Å². The molecule has 2 aliphatic rings. The molecule has 1 aromatic heterocycles. The van der Waals surface area contributed by atoms with Gasteiger partial charge < -0.3 is 10.2 Å². The van der Waals surface area contributed by atoms with Gasteiger partial charge in [0.15, 0.2) is 0 Å². The molecule has 0 atom stereocenters. The quantitative estimate of drug-likeness (QED) is 0.856. The summed E-state index contributed by atoms with van der Waals surface area (Å²) < 4.78 is 0. The summed E-state index contributed by atoms with van der Waals surface area (Å²) in [6.45, 7) is 4.19. The third kappa shape index (κ3) is 4.35. The molecule has 0 radical (unpaired) electrons. The fourth-order valence-electron chi connectivity index (χ4n) is 4.38. The molecular weight excluding hydrogens is 320 g/mol. The second-order valence-corrected chi connectivity index (χ2v) is 7.90. The van der Waals surface area contributed by atoms with Crippen LogP contribution in [-0.4, -0.2) is 29.1 Å². The standard InChI is InChI=1S/C22H30N4/c1-17-23-21(25-20-9-5-6-10-20)16-22(24-17)26-13-11-19(12-14-26)15-18-7-3-2-4-8-18/h2-4,7-8,16,19-20H,5-6,9-15H2,1H3,(H,23,24,25). The van der Waals surface area contributed by atoms with E-state index >= 15 is 0 Å². The summed E-state index contributed by atoms with van der Waals surface area (Å²) in [5, 5.41) is 3.62. The summed E-state index contributed by atoms with van der Waals surface area (Å²) in [5.41, 5.74) is 1.46. The van der Waals surface area contributed by atoms with E-state index in [4.69, 9.17) is 4.98 Å². The number of rotatable bonds is 5. The Labute approximate surface area is 157 Å². The molecule has 1 saturated carbocycles. The summed E-state index contributed by atoms with van der Waals surface area (Å²) >= 11 is 0. The summed E-state index contributed by atoms with van der Waals surface area (Å²) in [6, 6.07) is 13.6. The van der Waals surface area contributed by atoms with E-state index in [-0.39, 0.29) is 0 Å². The van der Waals surface area contributed by atoms with Crippen LogP contribution in [0.25, 0.3) is 0 Å². The number of anilines is 2. The number of hydrogen-bond acceptors (Lipinski definition) is 4. The number of aromatic nitrogens is 2. The van der Waals surface area contributed by atoms with Gasteiger partial charge in [-0.15, -0.1) is 0 Å². The number of nitrogens with zero attached hydrogens (tertiary/aromatic N) is 3. The van der Waals surface area contributed by atoms with Gasteiger partial charge in [0, 0.05) is 25.2 Å². The van der Waals surface area contributed by atoms with Crippen molar-refractivity contribution < 1.29 is 0 Å². The van der Waals surface area contributed by atoms with Crippen LogP contribution in [0.1, 0.15) is 49.9 Å². The average Bonchev–Trinajstić information content (AvgIpc) is 3.16. The van der Waals surface area contributed by atoms with Crippen LogP contribution in [0, 0.1) is 12.8 Å². The van der Waals surface area contributed by atoms with Gasteiger partial charge in [-0.1, -0.05) is 43.2 Å². The summed E-state index contributed by atoms with van der Waals surface area (Å²) in [5.74, 6) is 3.75. The summed E-state index contributed by atoms with van der Waals surface area (Å²) in [7, 11) is 0. The minimum Gasteiger partial charge on any atom is -0.367 e. The molecule has 4 heteroatoms. The number of benzene rings is 1. The Morgan fingerprint density at radius 2 is 1.73 bits per heavy atom. The zero-order chi connectivity index (χ0) is 17.8. The van der Waals surface area contributed by atoms with Gasteiger partial charge in [0.1, 0.15) is 17.5 Å². The Bertz CT molecular complexity index is 701. The molecule has 1 aromatic carbocycles. The molecule has 2 heterocycles. The smallest absolute Gasteiger partial charge is 0.134 e. The highest BCUT2D eigenvalue weighted by Crippen LogP contribution is 2.27. The number of aryl methyl sites for hydroxylation is 1. The largest absolute Gasteiger partial charge is 0.367 e. The molecule has 2 aromatic rings. The molecule has 2 fully saturated rings. The predicted molar refractivity (Wildman–Crippen MR) is 108 cm³/mol. The van der Waals surface area contributed by atoms with Crippen molar-refractivity contribution in [3.63, 3.8) is 0 Å². The van der Waals surface area contributed by atoms with Gasteiger partial charge in [0.25, 0.3) is 0 Å². The highest BCUT2D eigenvalue weighted by Gasteiger charge is 2.22. The van der Waals surface area contributed by atoms with Crippen LogP contribution in [0.15, 0.2) is 36.4 Å². The van der Waals surface area contributed by atoms with Crippen molar-refractivity contribution in [2.75, 3.05) is 23.3 Å². The Morgan fingerprint density at radius 1 is 1.00 bits per heavy atom. The zero-order valence-electron chi connectivity index (χ0n) is 15.8. The predicted octanol–water partition coefficient (Wildman–Crippen LogP) is 4.60. The summed E-state index contributed by atoms with van der Waals surface area (Å²) in [4.78, 5) is 11.8. The topological polar surface area (TPSA) is 41.1 Å². The maximum absolute atomic E-state index is 4.72. The van der Waals surface area contributed by atoms with Crippen molar-refractivity contribution in [1.82, 2.24) is 9.97 Å². The second kappa shape index (κ2) is 8.07. The first kappa shape index (κ1) is 17.3. The number of nitrogens with one attached hydrogen (secondary N) is 1. The van der Waals surface area contributed by atoms with Gasteiger partial charge in [-0.05, 0) is 50.5 Å². The maximum atomic E-state index is 4.72. The molecule has 0 spiro atoms. The molecule has 1 aliphatic carbocycles. The molecule has 4 nitrogen and oxygen atoms in total. The second-order valence-electron chi connectivity index (χ2n) is 7.90. The van der Waals surface area contributed by atoms with E-state index in [9.17, 15) is 0 Å². The zero-order valence-corrected chi connectivity index (χ0v) is 15.8. The Morgan fingerprint density at radius 3 is 2.46 bits per heavy atom. The molecule has 26 heavy (non-hydrogen) atoms. The van der Waals surface area contributed by atoms with E-state index in [1.807, 2.05) is 6.92 Å². The third-order valence-corrected chi connectivity index (χ3v) is 5.84. The van der Waals surface area contributed by atoms with Crippen molar-refractivity contribution in [1.29, 1.82) is 0 Å². The average molecular weight is 351 g/mol. The minimum atomic E-state index is 0.591. The molecule has 1 aliphatic heterocycles. The van der Waals surface area contributed by atoms with Crippen molar-refractivity contribution in [3.8, 4) is 0 Å². The van der Waals surface area contributed by atoms with Gasteiger partial charge in [-0.2, -0.15) is 0 Å². The minimum absolute atomic E-state index is 0.591. The molecular formula is C22H30N4. The molecule has 1 N–H and O–H groups in total. The van der Waals surface area contributed by atoms with E-state index in [0.717, 1.165) is 36.5 Å². The van der Waals surface area contributed by atoms with Crippen molar-refractivity contribution in [2.45, 2.75) is 57.9 Å². The molecule has 4 rings (SSSR count). The van der Waals surface area contributed by atoms with Crippen LogP contribution >= 0.6 is 0 Å². The van der Waals surface area contributed by atoms with Crippen LogP contribution in [0.2, 0.25) is 0 Å². The fourth-order valence-corrected chi connectivity index (χ4v) is 4.38. The van der Waals surface area contributed by atoms with Crippen molar-refractivity contribution in [2.24, 2.45) is 5.92 Å². The lowest BCUT2D eigenvalue weighted by Gasteiger charge is -2.33. The maximum Gasteiger partial charge on any atom is 0.134 e. The Balaban J connectivity index is 1.37. The van der Waals surface area contributed by atoms with E-state index < -0.39 is 0 Å². The van der Waals surface area contributed by atoms with E-state index in [1.54, 1.807) is 0 Å². The van der Waals surface area contributed by atoms with Crippen molar-refractivity contribution >= 4 is 11.6 Å². The summed E-state index contributed by atoms with van der Waals surface area (Å²) in [6.07, 6.45) is 8.89. The molecule has 1 saturated heterocycles. The Hall–Kier alpha value is -2.10. The van der Waals surface area contributed by atoms with Gasteiger partial charge in [-0.3, -0.25) is 0 Å². The monoisotopic (exact) mass is 350 g/mol. The van der Waals surface area contributed by atoms with E-state index in [0.29, 0.717) is 6.04 Å². The lowest BCUT2D eigenvalue weighted by molar-refractivity contribution is 0.402. The van der Waals surface area contributed by atoms with Crippen LogP contribution < -0.4 is 10.2 Å². The van der Waals surface area contributed by atoms with E-state index in [2.05, 4.69) is 51.6 Å². The first-order chi connectivity index (χ1) is 12.8. The molecule has 0 bridgehead atoms. The molecule has 0 amide bonds. The lowest BCUT2D eigenvalue weighted by atomic mass is 9.90. The van der Waals surface area contributed by atoms with Gasteiger partial charge in [0.05, 0.1) is 0 Å². The van der Waals surface area contributed by atoms with Crippen LogP contribution in [-0.2, 0) is 6.42 Å². The van der Waals surface area contributed by atoms with E-state index in [1.165, 1.54) is 50.5 Å².